The predicted octanol–water partition coefficient (Wildman–Crippen LogP) is 4.66. The van der Waals surface area contributed by atoms with Gasteiger partial charge in [0.25, 0.3) is 0 Å². The van der Waals surface area contributed by atoms with Gasteiger partial charge < -0.3 is 15.0 Å². The van der Waals surface area contributed by atoms with Crippen molar-refractivity contribution < 1.29 is 9.53 Å². The third-order valence-electron chi connectivity index (χ3n) is 5.02. The third kappa shape index (κ3) is 3.86. The molecule has 0 unspecified atom stereocenters. The van der Waals surface area contributed by atoms with Crippen LogP contribution >= 0.6 is 23.6 Å². The van der Waals surface area contributed by atoms with Crippen LogP contribution in [0.2, 0.25) is 0 Å². The van der Waals surface area contributed by atoms with Crippen molar-refractivity contribution in [3.63, 3.8) is 0 Å². The quantitative estimate of drug-likeness (QED) is 0.500. The molecule has 1 N–H and O–H groups in total. The molecule has 1 saturated heterocycles. The van der Waals surface area contributed by atoms with Crippen LogP contribution in [-0.4, -0.2) is 41.2 Å². The van der Waals surface area contributed by atoms with Crippen LogP contribution in [0.25, 0.3) is 10.2 Å². The maximum absolute atomic E-state index is 11.9. The normalized spacial score (nSPS) is 14.8. The summed E-state index contributed by atoms with van der Waals surface area (Å²) >= 11 is 7.39. The second kappa shape index (κ2) is 8.24. The fourth-order valence-electron chi connectivity index (χ4n) is 3.47. The number of para-hydroxylation sites is 2. The monoisotopic (exact) mass is 411 g/mol. The molecule has 1 aliphatic heterocycles. The second-order valence-electron chi connectivity index (χ2n) is 6.75. The van der Waals surface area contributed by atoms with E-state index >= 15 is 0 Å². The largest absolute Gasteiger partial charge is 0.465 e. The first-order valence-electron chi connectivity index (χ1n) is 9.24. The minimum atomic E-state index is -0.375. The molecule has 2 heterocycles. The molecule has 1 aromatic heterocycles. The molecule has 1 aliphatic rings. The molecule has 0 aliphatic carbocycles. The Hall–Kier alpha value is -2.51. The molecule has 0 saturated carbocycles. The molecule has 144 valence electrons. The lowest BCUT2D eigenvalue weighted by Gasteiger charge is -2.33. The van der Waals surface area contributed by atoms with Gasteiger partial charge in [0.15, 0.2) is 5.11 Å². The first-order chi connectivity index (χ1) is 13.7. The van der Waals surface area contributed by atoms with Crippen LogP contribution in [0.1, 0.15) is 34.1 Å². The summed E-state index contributed by atoms with van der Waals surface area (Å²) < 4.78 is 6.10. The van der Waals surface area contributed by atoms with E-state index in [0.717, 1.165) is 31.4 Å². The van der Waals surface area contributed by atoms with Crippen LogP contribution in [0.4, 0.5) is 5.69 Å². The number of rotatable bonds is 3. The summed E-state index contributed by atoms with van der Waals surface area (Å²) in [6.07, 6.45) is 2.03. The number of carbonyl (C=O) groups excluding carboxylic acids is 1. The van der Waals surface area contributed by atoms with E-state index in [9.17, 15) is 4.79 Å². The number of aromatic nitrogens is 1. The lowest BCUT2D eigenvalue weighted by molar-refractivity contribution is 0.0602. The zero-order valence-electron chi connectivity index (χ0n) is 15.6. The van der Waals surface area contributed by atoms with Crippen molar-refractivity contribution in [3.05, 3.63) is 59.1 Å². The van der Waals surface area contributed by atoms with Gasteiger partial charge in [-0.25, -0.2) is 9.78 Å². The molecular formula is C21H21N3O2S2. The lowest BCUT2D eigenvalue weighted by Crippen LogP contribution is -2.40. The number of benzene rings is 2. The summed E-state index contributed by atoms with van der Waals surface area (Å²) in [5.41, 5.74) is 2.24. The number of thiazole rings is 1. The topological polar surface area (TPSA) is 54.5 Å². The Balaban J connectivity index is 1.40. The minimum absolute atomic E-state index is 0.375. The standard InChI is InChI=1S/C21H21N3O2S2/c1-26-20(25)15-6-2-3-7-16(15)23-21(27)24-12-10-14(11-13-24)19-22-17-8-4-5-9-18(17)28-19/h2-9,14H,10-13H2,1H3,(H,23,27). The molecule has 0 bridgehead atoms. The van der Waals surface area contributed by atoms with Crippen LogP contribution in [0.15, 0.2) is 48.5 Å². The average Bonchev–Trinajstić information content (AvgIpc) is 3.18. The number of likely N-dealkylation sites (tertiary alicyclic amines) is 1. The lowest BCUT2D eigenvalue weighted by atomic mass is 9.98. The van der Waals surface area contributed by atoms with Gasteiger partial charge in [0.05, 0.1) is 33.6 Å². The predicted molar refractivity (Wildman–Crippen MR) is 117 cm³/mol. The van der Waals surface area contributed by atoms with Gasteiger partial charge >= 0.3 is 5.97 Å². The van der Waals surface area contributed by atoms with Crippen LogP contribution in [0, 0.1) is 0 Å². The zero-order valence-corrected chi connectivity index (χ0v) is 17.2. The van der Waals surface area contributed by atoms with Gasteiger partial charge in [-0.05, 0) is 49.3 Å². The minimum Gasteiger partial charge on any atom is -0.465 e. The average molecular weight is 412 g/mol. The Morgan fingerprint density at radius 2 is 1.89 bits per heavy atom. The number of nitrogens with one attached hydrogen (secondary N) is 1. The van der Waals surface area contributed by atoms with Gasteiger partial charge in [-0.3, -0.25) is 0 Å². The molecule has 3 aromatic rings. The highest BCUT2D eigenvalue weighted by Crippen LogP contribution is 2.34. The Morgan fingerprint density at radius 1 is 1.18 bits per heavy atom. The summed E-state index contributed by atoms with van der Waals surface area (Å²) in [4.78, 5) is 18.9. The van der Waals surface area contributed by atoms with Crippen molar-refractivity contribution in [2.45, 2.75) is 18.8 Å². The first kappa shape index (κ1) is 18.8. The molecule has 28 heavy (non-hydrogen) atoms. The van der Waals surface area contributed by atoms with Gasteiger partial charge in [0.1, 0.15) is 0 Å². The fourth-order valence-corrected chi connectivity index (χ4v) is 4.90. The number of anilines is 1. The fraction of sp³-hybridized carbons (Fsp3) is 0.286. The van der Waals surface area contributed by atoms with E-state index in [0.29, 0.717) is 22.3 Å². The number of esters is 1. The Bertz CT molecular complexity index is 977. The van der Waals surface area contributed by atoms with Crippen LogP contribution in [0.3, 0.4) is 0 Å². The number of nitrogens with zero attached hydrogens (tertiary/aromatic N) is 2. The maximum Gasteiger partial charge on any atom is 0.339 e. The Labute approximate surface area is 173 Å². The Kier molecular flexibility index (Phi) is 5.54. The van der Waals surface area contributed by atoms with E-state index < -0.39 is 0 Å². The third-order valence-corrected chi connectivity index (χ3v) is 6.57. The number of methoxy groups -OCH3 is 1. The number of hydrogen-bond donors (Lipinski definition) is 1. The van der Waals surface area contributed by atoms with Gasteiger partial charge in [-0.1, -0.05) is 24.3 Å². The van der Waals surface area contributed by atoms with E-state index in [4.69, 9.17) is 21.9 Å². The van der Waals surface area contributed by atoms with Gasteiger partial charge in [-0.15, -0.1) is 11.3 Å². The molecule has 0 amide bonds. The van der Waals surface area contributed by atoms with Crippen molar-refractivity contribution in [1.82, 2.24) is 9.88 Å². The van der Waals surface area contributed by atoms with Gasteiger partial charge in [0.2, 0.25) is 0 Å². The highest BCUT2D eigenvalue weighted by Gasteiger charge is 2.25. The molecule has 1 fully saturated rings. The van der Waals surface area contributed by atoms with E-state index in [1.165, 1.54) is 16.8 Å². The highest BCUT2D eigenvalue weighted by molar-refractivity contribution is 7.80. The molecule has 4 rings (SSSR count). The smallest absolute Gasteiger partial charge is 0.339 e. The number of piperidine rings is 1. The van der Waals surface area contributed by atoms with E-state index in [-0.39, 0.29) is 5.97 Å². The van der Waals surface area contributed by atoms with Crippen molar-refractivity contribution in [2.24, 2.45) is 0 Å². The van der Waals surface area contributed by atoms with Crippen molar-refractivity contribution >= 4 is 50.5 Å². The van der Waals surface area contributed by atoms with Crippen LogP contribution < -0.4 is 5.32 Å². The summed E-state index contributed by atoms with van der Waals surface area (Å²) in [6, 6.07) is 15.5. The van der Waals surface area contributed by atoms with Crippen molar-refractivity contribution in [2.75, 3.05) is 25.5 Å². The SMILES string of the molecule is COC(=O)c1ccccc1NC(=S)N1CCC(c2nc3ccccc3s2)CC1. The van der Waals surface area contributed by atoms with Gasteiger partial charge in [0, 0.05) is 19.0 Å². The summed E-state index contributed by atoms with van der Waals surface area (Å²) in [5.74, 6) is 0.0965. The molecule has 7 heteroatoms. The molecule has 0 atom stereocenters. The number of thiocarbonyl (C=S) groups is 1. The zero-order chi connectivity index (χ0) is 19.5. The van der Waals surface area contributed by atoms with Crippen LogP contribution in [-0.2, 0) is 4.74 Å². The maximum atomic E-state index is 11.9. The number of fused-ring (bicyclic) bond motifs is 1. The Morgan fingerprint density at radius 3 is 2.64 bits per heavy atom. The second-order valence-corrected chi connectivity index (χ2v) is 8.20. The van der Waals surface area contributed by atoms with Crippen molar-refractivity contribution in [3.8, 4) is 0 Å². The van der Waals surface area contributed by atoms with Gasteiger partial charge in [-0.2, -0.15) is 0 Å². The van der Waals surface area contributed by atoms with E-state index in [1.54, 1.807) is 17.4 Å². The molecule has 5 nitrogen and oxygen atoms in total. The first-order valence-corrected chi connectivity index (χ1v) is 10.5. The molecular weight excluding hydrogens is 390 g/mol. The van der Waals surface area contributed by atoms with Crippen LogP contribution in [0.5, 0.6) is 0 Å². The number of carbonyl (C=O) groups is 1. The van der Waals surface area contributed by atoms with Crippen molar-refractivity contribution in [1.29, 1.82) is 0 Å². The summed E-state index contributed by atoms with van der Waals surface area (Å²) in [5, 5.41) is 5.07. The summed E-state index contributed by atoms with van der Waals surface area (Å²) in [7, 11) is 1.38. The van der Waals surface area contributed by atoms with E-state index in [2.05, 4.69) is 28.4 Å². The molecule has 0 radical (unpaired) electrons. The van der Waals surface area contributed by atoms with E-state index in [1.807, 2.05) is 24.3 Å². The number of ether oxygens (including phenoxy) is 1. The molecule has 0 spiro atoms. The molecule has 2 aromatic carbocycles. The summed E-state index contributed by atoms with van der Waals surface area (Å²) in [6.45, 7) is 1.74. The highest BCUT2D eigenvalue weighted by atomic mass is 32.1. The number of hydrogen-bond acceptors (Lipinski definition) is 5.